The van der Waals surface area contributed by atoms with E-state index in [4.69, 9.17) is 19.2 Å². The van der Waals surface area contributed by atoms with E-state index in [1.165, 1.54) is 31.6 Å². The summed E-state index contributed by atoms with van der Waals surface area (Å²) in [6, 6.07) is 24.4. The Labute approximate surface area is 243 Å². The summed E-state index contributed by atoms with van der Waals surface area (Å²) in [6.45, 7) is 1.38. The van der Waals surface area contributed by atoms with Gasteiger partial charge in [0.05, 0.1) is 36.0 Å². The molecule has 0 saturated heterocycles. The van der Waals surface area contributed by atoms with E-state index in [0.717, 1.165) is 11.1 Å². The Balaban J connectivity index is 1.21. The highest BCUT2D eigenvalue weighted by molar-refractivity contribution is 5.93. The van der Waals surface area contributed by atoms with E-state index in [0.29, 0.717) is 65.3 Å². The van der Waals surface area contributed by atoms with Gasteiger partial charge in [0.25, 0.3) is 0 Å². The van der Waals surface area contributed by atoms with E-state index in [-0.39, 0.29) is 12.2 Å². The van der Waals surface area contributed by atoms with Crippen LogP contribution in [0.25, 0.3) is 22.3 Å². The Kier molecular flexibility index (Phi) is 7.97. The van der Waals surface area contributed by atoms with E-state index in [1.54, 1.807) is 31.4 Å². The van der Waals surface area contributed by atoms with Crippen LogP contribution >= 0.6 is 0 Å². The Bertz CT molecular complexity index is 1740. The fourth-order valence-corrected chi connectivity index (χ4v) is 5.17. The van der Waals surface area contributed by atoms with Crippen LogP contribution in [0.2, 0.25) is 0 Å². The number of imidazole rings is 1. The quantitative estimate of drug-likeness (QED) is 0.166. The molecule has 0 radical (unpaired) electrons. The largest absolute Gasteiger partial charge is 0.473 e. The Morgan fingerprint density at radius 1 is 0.976 bits per heavy atom. The first-order valence-corrected chi connectivity index (χ1v) is 14.1. The predicted octanol–water partition coefficient (Wildman–Crippen LogP) is 6.72. The van der Waals surface area contributed by atoms with Gasteiger partial charge in [-0.2, -0.15) is 0 Å². The number of nitrogens with zero attached hydrogens (tertiary/aromatic N) is 3. The number of rotatable bonds is 11. The summed E-state index contributed by atoms with van der Waals surface area (Å²) < 4.78 is 33.6. The average Bonchev–Trinajstić information content (AvgIpc) is 3.82. The zero-order chi connectivity index (χ0) is 29.1. The summed E-state index contributed by atoms with van der Waals surface area (Å²) >= 11 is 0. The van der Waals surface area contributed by atoms with Crippen molar-refractivity contribution in [2.24, 2.45) is 0 Å². The van der Waals surface area contributed by atoms with Gasteiger partial charge >= 0.3 is 5.97 Å². The second-order valence-electron chi connectivity index (χ2n) is 10.5. The lowest BCUT2D eigenvalue weighted by molar-refractivity contribution is 0.0601. The summed E-state index contributed by atoms with van der Waals surface area (Å²) in [4.78, 5) is 21.5. The van der Waals surface area contributed by atoms with Crippen LogP contribution in [0.1, 0.15) is 51.6 Å². The molecule has 6 rings (SSSR count). The standard InChI is InChI=1S/C34H32FN3O4/c1-40-16-15-38-31-19-27(34(39)41-2)13-14-30(31)36-32(38)20-25-11-12-26(18-28(25)35)29-7-4-8-33(37-29)42-21-22-5-3-6-24(17-22)23-9-10-23/h3-8,11-14,17-19,23H,9-10,15-16,20-21H2,1-2H3. The number of pyridine rings is 1. The Morgan fingerprint density at radius 3 is 2.62 bits per heavy atom. The van der Waals surface area contributed by atoms with Crippen molar-refractivity contribution in [3.8, 4) is 17.1 Å². The van der Waals surface area contributed by atoms with Crippen molar-refractivity contribution in [3.05, 3.63) is 113 Å². The number of aromatic nitrogens is 3. The smallest absolute Gasteiger partial charge is 0.337 e. The molecular formula is C34H32FN3O4. The maximum atomic E-state index is 15.5. The minimum Gasteiger partial charge on any atom is -0.473 e. The molecule has 0 unspecified atom stereocenters. The van der Waals surface area contributed by atoms with Crippen molar-refractivity contribution in [2.75, 3.05) is 20.8 Å². The van der Waals surface area contributed by atoms with Gasteiger partial charge in [-0.1, -0.05) is 42.5 Å². The lowest BCUT2D eigenvalue weighted by Crippen LogP contribution is -2.10. The van der Waals surface area contributed by atoms with E-state index in [2.05, 4.69) is 29.2 Å². The Hall–Kier alpha value is -4.56. The van der Waals surface area contributed by atoms with Gasteiger partial charge in [-0.15, -0.1) is 0 Å². The van der Waals surface area contributed by atoms with Crippen LogP contribution in [0.4, 0.5) is 4.39 Å². The third kappa shape index (κ3) is 6.04. The van der Waals surface area contributed by atoms with Gasteiger partial charge in [-0.05, 0) is 65.8 Å². The van der Waals surface area contributed by atoms with Gasteiger partial charge in [-0.3, -0.25) is 0 Å². The number of esters is 1. The number of carbonyl (C=O) groups excluding carboxylic acids is 1. The predicted molar refractivity (Wildman–Crippen MR) is 158 cm³/mol. The summed E-state index contributed by atoms with van der Waals surface area (Å²) in [7, 11) is 2.97. The molecule has 214 valence electrons. The van der Waals surface area contributed by atoms with Crippen LogP contribution in [0.5, 0.6) is 5.88 Å². The topological polar surface area (TPSA) is 75.5 Å². The van der Waals surface area contributed by atoms with Gasteiger partial charge in [-0.25, -0.2) is 19.2 Å². The summed E-state index contributed by atoms with van der Waals surface area (Å²) in [6.07, 6.45) is 2.79. The molecule has 0 spiro atoms. The van der Waals surface area contributed by atoms with E-state index in [9.17, 15) is 4.79 Å². The summed E-state index contributed by atoms with van der Waals surface area (Å²) in [5, 5.41) is 0. The number of halogens is 1. The zero-order valence-corrected chi connectivity index (χ0v) is 23.7. The van der Waals surface area contributed by atoms with Gasteiger partial charge < -0.3 is 18.8 Å². The maximum absolute atomic E-state index is 15.5. The minimum absolute atomic E-state index is 0.272. The zero-order valence-electron chi connectivity index (χ0n) is 23.7. The van der Waals surface area contributed by atoms with Crippen LogP contribution in [0.3, 0.4) is 0 Å². The molecule has 0 aliphatic heterocycles. The van der Waals surface area contributed by atoms with Crippen LogP contribution in [-0.2, 0) is 29.0 Å². The van der Waals surface area contributed by atoms with E-state index >= 15 is 4.39 Å². The highest BCUT2D eigenvalue weighted by atomic mass is 19.1. The lowest BCUT2D eigenvalue weighted by Gasteiger charge is -2.11. The van der Waals surface area contributed by atoms with Gasteiger partial charge in [0.15, 0.2) is 0 Å². The number of ether oxygens (including phenoxy) is 3. The molecule has 1 aliphatic carbocycles. The molecule has 0 bridgehead atoms. The molecule has 2 aromatic heterocycles. The summed E-state index contributed by atoms with van der Waals surface area (Å²) in [5.41, 5.74) is 6.18. The number of fused-ring (bicyclic) bond motifs is 1. The third-order valence-electron chi connectivity index (χ3n) is 7.57. The maximum Gasteiger partial charge on any atom is 0.337 e. The lowest BCUT2D eigenvalue weighted by atomic mass is 10.1. The van der Waals surface area contributed by atoms with Gasteiger partial charge in [0.1, 0.15) is 18.2 Å². The number of hydrogen-bond acceptors (Lipinski definition) is 6. The van der Waals surface area contributed by atoms with Crippen LogP contribution < -0.4 is 4.74 Å². The fraction of sp³-hybridized carbons (Fsp3) is 0.265. The molecule has 1 fully saturated rings. The second kappa shape index (κ2) is 12.1. The normalized spacial score (nSPS) is 12.9. The Morgan fingerprint density at radius 2 is 1.83 bits per heavy atom. The minimum atomic E-state index is -0.426. The molecule has 0 N–H and O–H groups in total. The van der Waals surface area contributed by atoms with E-state index < -0.39 is 5.97 Å². The fourth-order valence-electron chi connectivity index (χ4n) is 5.17. The first-order chi connectivity index (χ1) is 20.5. The number of carbonyl (C=O) groups is 1. The highest BCUT2D eigenvalue weighted by Gasteiger charge is 2.23. The molecule has 0 atom stereocenters. The molecule has 5 aromatic rings. The molecule has 1 aliphatic rings. The molecular weight excluding hydrogens is 533 g/mol. The molecule has 3 aromatic carbocycles. The van der Waals surface area contributed by atoms with Crippen molar-refractivity contribution >= 4 is 17.0 Å². The van der Waals surface area contributed by atoms with Crippen molar-refractivity contribution in [1.82, 2.24) is 14.5 Å². The number of methoxy groups -OCH3 is 2. The number of benzene rings is 3. The first kappa shape index (κ1) is 27.6. The van der Waals surface area contributed by atoms with Crippen LogP contribution in [0.15, 0.2) is 78.9 Å². The monoisotopic (exact) mass is 565 g/mol. The number of hydrogen-bond donors (Lipinski definition) is 0. The average molecular weight is 566 g/mol. The van der Waals surface area contributed by atoms with Crippen molar-refractivity contribution < 1.29 is 23.4 Å². The van der Waals surface area contributed by atoms with Crippen LogP contribution in [-0.4, -0.2) is 41.3 Å². The van der Waals surface area contributed by atoms with E-state index in [1.807, 2.05) is 28.8 Å². The molecule has 2 heterocycles. The second-order valence-corrected chi connectivity index (χ2v) is 10.5. The van der Waals surface area contributed by atoms with Crippen molar-refractivity contribution in [2.45, 2.75) is 38.3 Å². The molecule has 0 amide bonds. The van der Waals surface area contributed by atoms with Crippen LogP contribution in [0, 0.1) is 5.82 Å². The van der Waals surface area contributed by atoms with Gasteiger partial charge in [0.2, 0.25) is 5.88 Å². The molecule has 7 nitrogen and oxygen atoms in total. The highest BCUT2D eigenvalue weighted by Crippen LogP contribution is 2.40. The molecule has 8 heteroatoms. The van der Waals surface area contributed by atoms with Crippen molar-refractivity contribution in [3.63, 3.8) is 0 Å². The molecule has 42 heavy (non-hydrogen) atoms. The summed E-state index contributed by atoms with van der Waals surface area (Å²) in [5.74, 6) is 1.08. The van der Waals surface area contributed by atoms with Crippen molar-refractivity contribution in [1.29, 1.82) is 0 Å². The van der Waals surface area contributed by atoms with Gasteiger partial charge in [0, 0.05) is 31.7 Å². The first-order valence-electron chi connectivity index (χ1n) is 14.1. The molecule has 1 saturated carbocycles. The third-order valence-corrected chi connectivity index (χ3v) is 7.57. The SMILES string of the molecule is COCCn1c(Cc2ccc(-c3cccc(OCc4cccc(C5CC5)c4)n3)cc2F)nc2ccc(C(=O)OC)cc21.